The molecule has 4 rings (SSSR count). The van der Waals surface area contributed by atoms with E-state index in [1.165, 1.54) is 39.9 Å². The largest absolute Gasteiger partial charge is 0.365 e. The van der Waals surface area contributed by atoms with E-state index in [1.807, 2.05) is 0 Å². The Labute approximate surface area is 193 Å². The standard InChI is InChI=1S/C23H29N3O4S2/c1-26(16-7-5-6-8-16)32(29,30)17-13-11-15(12-14-17)22(28)25-23-20(21(24)27)18-9-3-2-4-10-19(18)31-23/h11-14,16H,2-10H2,1H3,(H2,24,27)(H,25,28). The predicted octanol–water partition coefficient (Wildman–Crippen LogP) is 3.93. The molecule has 2 amide bonds. The van der Waals surface area contributed by atoms with Crippen LogP contribution in [0.25, 0.3) is 0 Å². The number of nitrogens with one attached hydrogen (secondary N) is 1. The van der Waals surface area contributed by atoms with Gasteiger partial charge in [-0.2, -0.15) is 4.31 Å². The fraction of sp³-hybridized carbons (Fsp3) is 0.478. The van der Waals surface area contributed by atoms with Gasteiger partial charge in [0.1, 0.15) is 5.00 Å². The molecule has 1 aromatic heterocycles. The van der Waals surface area contributed by atoms with Crippen LogP contribution in [-0.2, 0) is 22.9 Å². The Kier molecular flexibility index (Phi) is 6.69. The van der Waals surface area contributed by atoms with Gasteiger partial charge < -0.3 is 11.1 Å². The van der Waals surface area contributed by atoms with E-state index in [4.69, 9.17) is 5.73 Å². The third-order valence-corrected chi connectivity index (χ3v) is 9.66. The molecule has 7 nitrogen and oxygen atoms in total. The molecule has 0 bridgehead atoms. The van der Waals surface area contributed by atoms with E-state index < -0.39 is 21.8 Å². The molecule has 0 atom stereocenters. The van der Waals surface area contributed by atoms with Gasteiger partial charge in [0.25, 0.3) is 11.8 Å². The second-order valence-electron chi connectivity index (χ2n) is 8.57. The van der Waals surface area contributed by atoms with Crippen molar-refractivity contribution in [3.63, 3.8) is 0 Å². The number of carbonyl (C=O) groups excluding carboxylic acids is 2. The number of primary amides is 1. The van der Waals surface area contributed by atoms with Gasteiger partial charge in [-0.15, -0.1) is 11.3 Å². The number of nitrogens with two attached hydrogens (primary N) is 1. The molecule has 2 aromatic rings. The summed E-state index contributed by atoms with van der Waals surface area (Å²) in [6.45, 7) is 0. The number of rotatable bonds is 6. The van der Waals surface area contributed by atoms with Gasteiger partial charge in [0.05, 0.1) is 10.5 Å². The first-order valence-corrected chi connectivity index (χ1v) is 13.4. The summed E-state index contributed by atoms with van der Waals surface area (Å²) in [6, 6.07) is 5.98. The maximum atomic E-state index is 12.9. The van der Waals surface area contributed by atoms with Crippen molar-refractivity contribution in [2.24, 2.45) is 5.73 Å². The lowest BCUT2D eigenvalue weighted by Gasteiger charge is -2.23. The Morgan fingerprint density at radius 2 is 1.69 bits per heavy atom. The van der Waals surface area contributed by atoms with E-state index in [0.29, 0.717) is 16.1 Å². The molecule has 0 unspecified atom stereocenters. The Balaban J connectivity index is 1.53. The summed E-state index contributed by atoms with van der Waals surface area (Å²) < 4.78 is 27.3. The number of carbonyl (C=O) groups is 2. The minimum absolute atomic E-state index is 0.0317. The fourth-order valence-electron chi connectivity index (χ4n) is 4.68. The van der Waals surface area contributed by atoms with Gasteiger partial charge in [0.2, 0.25) is 10.0 Å². The summed E-state index contributed by atoms with van der Waals surface area (Å²) in [7, 11) is -1.98. The van der Waals surface area contributed by atoms with Gasteiger partial charge in [0, 0.05) is 23.5 Å². The zero-order chi connectivity index (χ0) is 22.9. The van der Waals surface area contributed by atoms with Gasteiger partial charge in [-0.25, -0.2) is 8.42 Å². The van der Waals surface area contributed by atoms with Gasteiger partial charge >= 0.3 is 0 Å². The molecule has 1 fully saturated rings. The second-order valence-corrected chi connectivity index (χ2v) is 11.7. The quantitative estimate of drug-likeness (QED) is 0.617. The molecule has 3 N–H and O–H groups in total. The third-order valence-electron chi connectivity index (χ3n) is 6.53. The first kappa shape index (κ1) is 22.9. The molecule has 1 saturated carbocycles. The SMILES string of the molecule is CN(C1CCCC1)S(=O)(=O)c1ccc(C(=O)Nc2sc3c(c2C(N)=O)CCCCC3)cc1. The van der Waals surface area contributed by atoms with E-state index in [0.717, 1.165) is 68.2 Å². The molecule has 2 aliphatic rings. The molecule has 0 aliphatic heterocycles. The molecule has 0 radical (unpaired) electrons. The van der Waals surface area contributed by atoms with Crippen molar-refractivity contribution in [3.05, 3.63) is 45.8 Å². The van der Waals surface area contributed by atoms with Crippen molar-refractivity contribution in [2.75, 3.05) is 12.4 Å². The summed E-state index contributed by atoms with van der Waals surface area (Å²) >= 11 is 1.42. The minimum atomic E-state index is -3.60. The summed E-state index contributed by atoms with van der Waals surface area (Å²) in [5, 5.41) is 3.31. The van der Waals surface area contributed by atoms with Crippen molar-refractivity contribution < 1.29 is 18.0 Å². The van der Waals surface area contributed by atoms with E-state index in [1.54, 1.807) is 7.05 Å². The number of fused-ring (bicyclic) bond motifs is 1. The van der Waals surface area contributed by atoms with Crippen molar-refractivity contribution in [1.82, 2.24) is 4.31 Å². The van der Waals surface area contributed by atoms with E-state index in [2.05, 4.69) is 5.32 Å². The zero-order valence-electron chi connectivity index (χ0n) is 18.2. The van der Waals surface area contributed by atoms with Crippen molar-refractivity contribution in [1.29, 1.82) is 0 Å². The number of aryl methyl sites for hydroxylation is 1. The highest BCUT2D eigenvalue weighted by molar-refractivity contribution is 7.89. The number of benzene rings is 1. The fourth-order valence-corrected chi connectivity index (χ4v) is 7.38. The van der Waals surface area contributed by atoms with Crippen molar-refractivity contribution in [2.45, 2.75) is 68.7 Å². The average Bonchev–Trinajstić information content (AvgIpc) is 3.36. The van der Waals surface area contributed by atoms with Crippen LogP contribution in [0, 0.1) is 0 Å². The molecular formula is C23H29N3O4S2. The highest BCUT2D eigenvalue weighted by Gasteiger charge is 2.30. The first-order valence-electron chi connectivity index (χ1n) is 11.1. The summed E-state index contributed by atoms with van der Waals surface area (Å²) in [4.78, 5) is 26.3. The lowest BCUT2D eigenvalue weighted by molar-refractivity contribution is 0.100. The van der Waals surface area contributed by atoms with Crippen LogP contribution >= 0.6 is 11.3 Å². The Bertz CT molecular complexity index is 1120. The molecule has 32 heavy (non-hydrogen) atoms. The van der Waals surface area contributed by atoms with Crippen LogP contribution in [0.4, 0.5) is 5.00 Å². The number of amides is 2. The molecule has 2 aliphatic carbocycles. The van der Waals surface area contributed by atoms with Crippen LogP contribution in [0.3, 0.4) is 0 Å². The number of hydrogen-bond acceptors (Lipinski definition) is 5. The second kappa shape index (κ2) is 9.33. The van der Waals surface area contributed by atoms with Gasteiger partial charge in [-0.05, 0) is 68.4 Å². The Morgan fingerprint density at radius 1 is 1.03 bits per heavy atom. The predicted molar refractivity (Wildman–Crippen MR) is 126 cm³/mol. The van der Waals surface area contributed by atoms with E-state index >= 15 is 0 Å². The monoisotopic (exact) mass is 475 g/mol. The summed E-state index contributed by atoms with van der Waals surface area (Å²) in [5.41, 5.74) is 7.35. The van der Waals surface area contributed by atoms with Gasteiger partial charge in [-0.3, -0.25) is 9.59 Å². The van der Waals surface area contributed by atoms with Crippen LogP contribution in [0.2, 0.25) is 0 Å². The van der Waals surface area contributed by atoms with Gasteiger partial charge in [0.15, 0.2) is 0 Å². The highest BCUT2D eigenvalue weighted by atomic mass is 32.2. The number of nitrogens with zero attached hydrogens (tertiary/aromatic N) is 1. The van der Waals surface area contributed by atoms with Crippen LogP contribution in [-0.4, -0.2) is 37.6 Å². The highest BCUT2D eigenvalue weighted by Crippen LogP contribution is 2.37. The number of sulfonamides is 1. The van der Waals surface area contributed by atoms with Crippen LogP contribution in [0.5, 0.6) is 0 Å². The molecule has 1 aromatic carbocycles. The van der Waals surface area contributed by atoms with Crippen molar-refractivity contribution >= 4 is 38.2 Å². The smallest absolute Gasteiger partial charge is 0.256 e. The molecule has 0 saturated heterocycles. The normalized spacial score (nSPS) is 17.2. The topological polar surface area (TPSA) is 110 Å². The lowest BCUT2D eigenvalue weighted by atomic mass is 10.1. The minimum Gasteiger partial charge on any atom is -0.365 e. The number of anilines is 1. The molecule has 1 heterocycles. The lowest BCUT2D eigenvalue weighted by Crippen LogP contribution is -2.35. The zero-order valence-corrected chi connectivity index (χ0v) is 19.9. The van der Waals surface area contributed by atoms with Crippen LogP contribution < -0.4 is 11.1 Å². The first-order chi connectivity index (χ1) is 15.3. The Morgan fingerprint density at radius 3 is 2.34 bits per heavy atom. The van der Waals surface area contributed by atoms with Crippen molar-refractivity contribution in [3.8, 4) is 0 Å². The van der Waals surface area contributed by atoms with Crippen LogP contribution in [0.15, 0.2) is 29.2 Å². The van der Waals surface area contributed by atoms with Crippen LogP contribution in [0.1, 0.15) is 76.1 Å². The molecule has 9 heteroatoms. The molecular weight excluding hydrogens is 446 g/mol. The summed E-state index contributed by atoms with van der Waals surface area (Å²) in [5.74, 6) is -0.923. The number of thiophene rings is 1. The van der Waals surface area contributed by atoms with E-state index in [-0.39, 0.29) is 10.9 Å². The summed E-state index contributed by atoms with van der Waals surface area (Å²) in [6.07, 6.45) is 8.70. The Hall–Kier alpha value is -2.23. The third kappa shape index (κ3) is 4.46. The van der Waals surface area contributed by atoms with E-state index in [9.17, 15) is 18.0 Å². The molecule has 172 valence electrons. The van der Waals surface area contributed by atoms with Gasteiger partial charge in [-0.1, -0.05) is 19.3 Å². The number of hydrogen-bond donors (Lipinski definition) is 2. The molecule has 0 spiro atoms. The maximum absolute atomic E-state index is 12.9. The maximum Gasteiger partial charge on any atom is 0.256 e. The average molecular weight is 476 g/mol.